The predicted molar refractivity (Wildman–Crippen MR) is 125 cm³/mol. The Bertz CT molecular complexity index is 1290. The SMILES string of the molecule is CCOC(=O)c1c(NC(=O)c2cc3ccccc3oc2=O)sc2c1CC(C)(C)NC2(C)C. The molecule has 168 valence electrons. The molecule has 8 heteroatoms. The maximum atomic E-state index is 13.1. The first-order valence-electron chi connectivity index (χ1n) is 10.5. The Labute approximate surface area is 189 Å². The third-order valence-electron chi connectivity index (χ3n) is 5.44. The van der Waals surface area contributed by atoms with Crippen molar-refractivity contribution in [2.75, 3.05) is 11.9 Å². The zero-order valence-corrected chi connectivity index (χ0v) is 19.6. The highest BCUT2D eigenvalue weighted by Crippen LogP contribution is 2.45. The summed E-state index contributed by atoms with van der Waals surface area (Å²) in [5, 5.41) is 7.39. The molecule has 3 aromatic rings. The molecule has 3 heterocycles. The molecule has 7 nitrogen and oxygen atoms in total. The summed E-state index contributed by atoms with van der Waals surface area (Å²) in [6, 6.07) is 8.49. The summed E-state index contributed by atoms with van der Waals surface area (Å²) in [5.74, 6) is -1.11. The molecule has 0 saturated heterocycles. The normalized spacial score (nSPS) is 16.4. The summed E-state index contributed by atoms with van der Waals surface area (Å²) in [4.78, 5) is 39.4. The van der Waals surface area contributed by atoms with Crippen LogP contribution in [0.4, 0.5) is 5.00 Å². The number of esters is 1. The van der Waals surface area contributed by atoms with Crippen molar-refractivity contribution in [3.63, 3.8) is 0 Å². The molecule has 0 radical (unpaired) electrons. The summed E-state index contributed by atoms with van der Waals surface area (Å²) in [6.07, 6.45) is 0.602. The Balaban J connectivity index is 1.80. The second-order valence-corrected chi connectivity index (χ2v) is 10.1. The smallest absolute Gasteiger partial charge is 0.349 e. The van der Waals surface area contributed by atoms with Crippen LogP contribution in [-0.4, -0.2) is 24.0 Å². The number of amides is 1. The second kappa shape index (κ2) is 7.86. The van der Waals surface area contributed by atoms with Gasteiger partial charge in [-0.25, -0.2) is 9.59 Å². The van der Waals surface area contributed by atoms with Gasteiger partial charge < -0.3 is 19.8 Å². The van der Waals surface area contributed by atoms with E-state index in [1.54, 1.807) is 31.2 Å². The third kappa shape index (κ3) is 3.96. The molecule has 0 atom stereocenters. The number of benzene rings is 1. The van der Waals surface area contributed by atoms with Gasteiger partial charge in [0, 0.05) is 21.3 Å². The standard InChI is InChI=1S/C24H26N2O5S/c1-6-30-22(29)17-15-12-23(2,3)26-24(4,5)18(15)32-20(17)25-19(27)14-11-13-9-7-8-10-16(13)31-21(14)28/h7-11,26H,6,12H2,1-5H3,(H,25,27). The number of carbonyl (C=O) groups is 2. The van der Waals surface area contributed by atoms with E-state index in [4.69, 9.17) is 9.15 Å². The van der Waals surface area contributed by atoms with Crippen LogP contribution in [0.15, 0.2) is 39.5 Å². The molecule has 0 aliphatic carbocycles. The molecule has 1 amide bonds. The van der Waals surface area contributed by atoms with Crippen LogP contribution in [-0.2, 0) is 16.7 Å². The van der Waals surface area contributed by atoms with Gasteiger partial charge >= 0.3 is 11.6 Å². The summed E-state index contributed by atoms with van der Waals surface area (Å²) in [7, 11) is 0. The van der Waals surface area contributed by atoms with Crippen molar-refractivity contribution in [2.45, 2.75) is 52.1 Å². The van der Waals surface area contributed by atoms with E-state index in [2.05, 4.69) is 24.5 Å². The minimum atomic E-state index is -0.733. The molecule has 0 spiro atoms. The Morgan fingerprint density at radius 3 is 2.66 bits per heavy atom. The van der Waals surface area contributed by atoms with Crippen molar-refractivity contribution in [1.82, 2.24) is 5.32 Å². The molecule has 0 unspecified atom stereocenters. The second-order valence-electron chi connectivity index (χ2n) is 9.08. The van der Waals surface area contributed by atoms with Crippen molar-refractivity contribution in [2.24, 2.45) is 0 Å². The Hall–Kier alpha value is -2.97. The number of para-hydroxylation sites is 1. The van der Waals surface area contributed by atoms with Gasteiger partial charge in [0.1, 0.15) is 16.1 Å². The van der Waals surface area contributed by atoms with Crippen LogP contribution in [0.3, 0.4) is 0 Å². The predicted octanol–water partition coefficient (Wildman–Crippen LogP) is 4.44. The minimum Gasteiger partial charge on any atom is -0.462 e. The summed E-state index contributed by atoms with van der Waals surface area (Å²) >= 11 is 1.33. The lowest BCUT2D eigenvalue weighted by Crippen LogP contribution is -2.55. The van der Waals surface area contributed by atoms with Crippen LogP contribution in [0.2, 0.25) is 0 Å². The Kier molecular flexibility index (Phi) is 5.46. The van der Waals surface area contributed by atoms with Crippen LogP contribution in [0, 0.1) is 0 Å². The van der Waals surface area contributed by atoms with Gasteiger partial charge in [-0.05, 0) is 58.7 Å². The number of hydrogen-bond donors (Lipinski definition) is 2. The monoisotopic (exact) mass is 454 g/mol. The van der Waals surface area contributed by atoms with Crippen LogP contribution in [0.25, 0.3) is 11.0 Å². The van der Waals surface area contributed by atoms with Crippen molar-refractivity contribution in [3.05, 3.63) is 62.3 Å². The highest BCUT2D eigenvalue weighted by atomic mass is 32.1. The summed E-state index contributed by atoms with van der Waals surface area (Å²) in [6.45, 7) is 10.2. The van der Waals surface area contributed by atoms with Crippen LogP contribution in [0.5, 0.6) is 0 Å². The van der Waals surface area contributed by atoms with Gasteiger partial charge in [-0.3, -0.25) is 4.79 Å². The molecular formula is C24H26N2O5S. The molecule has 0 fully saturated rings. The average molecular weight is 455 g/mol. The Morgan fingerprint density at radius 2 is 1.94 bits per heavy atom. The number of ether oxygens (including phenoxy) is 1. The molecular weight excluding hydrogens is 428 g/mol. The topological polar surface area (TPSA) is 97.6 Å². The van der Waals surface area contributed by atoms with E-state index in [9.17, 15) is 14.4 Å². The van der Waals surface area contributed by atoms with Gasteiger partial charge in [0.25, 0.3) is 5.91 Å². The minimum absolute atomic E-state index is 0.123. The number of hydrogen-bond acceptors (Lipinski definition) is 7. The highest BCUT2D eigenvalue weighted by Gasteiger charge is 2.42. The quantitative estimate of drug-likeness (QED) is 0.447. The van der Waals surface area contributed by atoms with Crippen molar-refractivity contribution in [1.29, 1.82) is 0 Å². The molecule has 2 N–H and O–H groups in total. The van der Waals surface area contributed by atoms with Crippen molar-refractivity contribution >= 4 is 39.2 Å². The largest absolute Gasteiger partial charge is 0.462 e. The number of carbonyl (C=O) groups excluding carboxylic acids is 2. The molecule has 0 bridgehead atoms. The van der Waals surface area contributed by atoms with Gasteiger partial charge in [0.2, 0.25) is 0 Å². The van der Waals surface area contributed by atoms with Crippen LogP contribution < -0.4 is 16.3 Å². The van der Waals surface area contributed by atoms with Gasteiger partial charge in [-0.2, -0.15) is 0 Å². The maximum absolute atomic E-state index is 13.1. The first kappa shape index (κ1) is 22.2. The lowest BCUT2D eigenvalue weighted by molar-refractivity contribution is 0.0525. The first-order valence-corrected chi connectivity index (χ1v) is 11.3. The van der Waals surface area contributed by atoms with E-state index in [-0.39, 0.29) is 17.7 Å². The van der Waals surface area contributed by atoms with Gasteiger partial charge in [-0.15, -0.1) is 11.3 Å². The highest BCUT2D eigenvalue weighted by molar-refractivity contribution is 7.17. The molecule has 32 heavy (non-hydrogen) atoms. The lowest BCUT2D eigenvalue weighted by Gasteiger charge is -2.42. The zero-order valence-electron chi connectivity index (χ0n) is 18.8. The number of rotatable bonds is 4. The van der Waals surface area contributed by atoms with Crippen molar-refractivity contribution < 1.29 is 18.7 Å². The number of nitrogens with one attached hydrogen (secondary N) is 2. The van der Waals surface area contributed by atoms with Crippen LogP contribution in [0.1, 0.15) is 65.8 Å². The molecule has 4 rings (SSSR count). The number of anilines is 1. The fraction of sp³-hybridized carbons (Fsp3) is 0.375. The molecule has 1 aliphatic heterocycles. The van der Waals surface area contributed by atoms with Gasteiger partial charge in [-0.1, -0.05) is 18.2 Å². The van der Waals surface area contributed by atoms with Crippen LogP contribution >= 0.6 is 11.3 Å². The fourth-order valence-corrected chi connectivity index (χ4v) is 5.69. The van der Waals surface area contributed by atoms with Gasteiger partial charge in [0.05, 0.1) is 12.2 Å². The maximum Gasteiger partial charge on any atom is 0.349 e. The molecule has 0 saturated carbocycles. The molecule has 2 aromatic heterocycles. The number of thiophene rings is 1. The van der Waals surface area contributed by atoms with E-state index < -0.39 is 23.0 Å². The van der Waals surface area contributed by atoms with E-state index >= 15 is 0 Å². The van der Waals surface area contributed by atoms with E-state index in [0.29, 0.717) is 28.0 Å². The summed E-state index contributed by atoms with van der Waals surface area (Å²) in [5.41, 5.74) is 0.109. The third-order valence-corrected chi connectivity index (χ3v) is 6.91. The van der Waals surface area contributed by atoms with Crippen molar-refractivity contribution in [3.8, 4) is 0 Å². The molecule has 1 aromatic carbocycles. The van der Waals surface area contributed by atoms with Gasteiger partial charge in [0.15, 0.2) is 0 Å². The average Bonchev–Trinajstić information content (AvgIpc) is 3.04. The van der Waals surface area contributed by atoms with E-state index in [1.807, 2.05) is 13.8 Å². The lowest BCUT2D eigenvalue weighted by atomic mass is 9.81. The van der Waals surface area contributed by atoms with E-state index in [0.717, 1.165) is 10.4 Å². The first-order chi connectivity index (χ1) is 15.0. The van der Waals surface area contributed by atoms with E-state index in [1.165, 1.54) is 17.4 Å². The summed E-state index contributed by atoms with van der Waals surface area (Å²) < 4.78 is 10.6. The Morgan fingerprint density at radius 1 is 1.22 bits per heavy atom. The number of fused-ring (bicyclic) bond motifs is 2. The molecule has 1 aliphatic rings. The fourth-order valence-electron chi connectivity index (χ4n) is 4.43. The zero-order chi connectivity index (χ0) is 23.3.